The minimum Gasteiger partial charge on any atom is -0.496 e. The van der Waals surface area contributed by atoms with Crippen molar-refractivity contribution < 1.29 is 4.74 Å². The predicted molar refractivity (Wildman–Crippen MR) is 69.0 cm³/mol. The quantitative estimate of drug-likeness (QED) is 0.757. The van der Waals surface area contributed by atoms with Gasteiger partial charge in [0.1, 0.15) is 5.75 Å². The summed E-state index contributed by atoms with van der Waals surface area (Å²) < 4.78 is 5.33. The fourth-order valence-corrected chi connectivity index (χ4v) is 1.68. The predicted octanol–water partition coefficient (Wildman–Crippen LogP) is 3.10. The van der Waals surface area contributed by atoms with Crippen molar-refractivity contribution in [3.8, 4) is 5.75 Å². The number of rotatable bonds is 5. The van der Waals surface area contributed by atoms with Gasteiger partial charge in [0.25, 0.3) is 0 Å². The molecule has 0 aromatic heterocycles. The van der Waals surface area contributed by atoms with Crippen LogP contribution in [0.5, 0.6) is 5.75 Å². The molecule has 0 bridgehead atoms. The van der Waals surface area contributed by atoms with E-state index < -0.39 is 0 Å². The Kier molecular flexibility index (Phi) is 4.81. The van der Waals surface area contributed by atoms with E-state index in [0.29, 0.717) is 6.04 Å². The van der Waals surface area contributed by atoms with Crippen molar-refractivity contribution in [3.63, 3.8) is 0 Å². The molecule has 0 saturated heterocycles. The molecule has 0 spiro atoms. The molecule has 0 unspecified atom stereocenters. The number of methoxy groups -OCH3 is 1. The summed E-state index contributed by atoms with van der Waals surface area (Å²) in [6.45, 7) is 7.58. The van der Waals surface area contributed by atoms with Crippen LogP contribution in [0.1, 0.15) is 31.9 Å². The van der Waals surface area contributed by atoms with Gasteiger partial charge in [-0.15, -0.1) is 0 Å². The Morgan fingerprint density at radius 3 is 2.50 bits per heavy atom. The third-order valence-corrected chi connectivity index (χ3v) is 3.04. The van der Waals surface area contributed by atoms with E-state index in [0.717, 1.165) is 18.7 Å². The summed E-state index contributed by atoms with van der Waals surface area (Å²) in [5.41, 5.74) is 2.64. The van der Waals surface area contributed by atoms with Crippen LogP contribution in [0.4, 0.5) is 0 Å². The first-order valence-electron chi connectivity index (χ1n) is 5.94. The molecule has 90 valence electrons. The molecule has 0 aliphatic rings. The van der Waals surface area contributed by atoms with Crippen LogP contribution in [0.3, 0.4) is 0 Å². The molecule has 0 aliphatic carbocycles. The van der Waals surface area contributed by atoms with Crippen molar-refractivity contribution in [1.29, 1.82) is 0 Å². The van der Waals surface area contributed by atoms with Gasteiger partial charge in [0.2, 0.25) is 0 Å². The topological polar surface area (TPSA) is 12.5 Å². The van der Waals surface area contributed by atoms with Crippen molar-refractivity contribution in [2.45, 2.75) is 39.8 Å². The van der Waals surface area contributed by atoms with E-state index in [-0.39, 0.29) is 0 Å². The third-order valence-electron chi connectivity index (χ3n) is 3.04. The Bertz CT molecular complexity index is 334. The first kappa shape index (κ1) is 13.0. The average molecular weight is 221 g/mol. The van der Waals surface area contributed by atoms with E-state index in [9.17, 15) is 0 Å². The van der Waals surface area contributed by atoms with Crippen molar-refractivity contribution in [3.05, 3.63) is 29.3 Å². The number of ether oxygens (including phenoxy) is 1. The maximum atomic E-state index is 5.33. The van der Waals surface area contributed by atoms with E-state index in [1.807, 2.05) is 0 Å². The number of benzene rings is 1. The fourth-order valence-electron chi connectivity index (χ4n) is 1.68. The van der Waals surface area contributed by atoms with Gasteiger partial charge in [-0.05, 0) is 44.5 Å². The molecular formula is C14H23NO. The zero-order valence-electron chi connectivity index (χ0n) is 11.1. The minimum atomic E-state index is 0.576. The fraction of sp³-hybridized carbons (Fsp3) is 0.571. The van der Waals surface area contributed by atoms with Crippen LogP contribution in [-0.4, -0.2) is 25.1 Å². The second kappa shape index (κ2) is 5.90. The first-order valence-corrected chi connectivity index (χ1v) is 5.94. The molecule has 2 heteroatoms. The Labute approximate surface area is 99.2 Å². The monoisotopic (exact) mass is 221 g/mol. The number of hydrogen-bond acceptors (Lipinski definition) is 2. The molecule has 0 aliphatic heterocycles. The molecular weight excluding hydrogens is 198 g/mol. The van der Waals surface area contributed by atoms with E-state index in [1.54, 1.807) is 7.11 Å². The molecule has 1 aromatic carbocycles. The lowest BCUT2D eigenvalue weighted by Gasteiger charge is -2.21. The van der Waals surface area contributed by atoms with Crippen LogP contribution in [0, 0.1) is 0 Å². The zero-order valence-corrected chi connectivity index (χ0v) is 11.1. The molecule has 0 atom stereocenters. The van der Waals surface area contributed by atoms with Crippen LogP contribution >= 0.6 is 0 Å². The highest BCUT2D eigenvalue weighted by molar-refractivity contribution is 5.37. The Morgan fingerprint density at radius 2 is 2.00 bits per heavy atom. The standard InChI is InChI=1S/C14H23NO/c1-6-13-9-12(7-8-14(13)16-5)10-15(4)11(2)3/h7-9,11H,6,10H2,1-5H3. The largest absolute Gasteiger partial charge is 0.496 e. The van der Waals surface area contributed by atoms with Crippen LogP contribution in [0.2, 0.25) is 0 Å². The summed E-state index contributed by atoms with van der Waals surface area (Å²) in [6.07, 6.45) is 1.02. The van der Waals surface area contributed by atoms with Gasteiger partial charge in [0, 0.05) is 12.6 Å². The Morgan fingerprint density at radius 1 is 1.31 bits per heavy atom. The molecule has 1 aromatic rings. The highest BCUT2D eigenvalue weighted by Gasteiger charge is 2.07. The first-order chi connectivity index (χ1) is 7.58. The summed E-state index contributed by atoms with van der Waals surface area (Å²) in [6, 6.07) is 7.05. The molecule has 0 heterocycles. The summed E-state index contributed by atoms with van der Waals surface area (Å²) in [4.78, 5) is 2.33. The summed E-state index contributed by atoms with van der Waals surface area (Å²) >= 11 is 0. The van der Waals surface area contributed by atoms with Gasteiger partial charge >= 0.3 is 0 Å². The van der Waals surface area contributed by atoms with Crippen LogP contribution in [-0.2, 0) is 13.0 Å². The molecule has 16 heavy (non-hydrogen) atoms. The number of aryl methyl sites for hydroxylation is 1. The lowest BCUT2D eigenvalue weighted by atomic mass is 10.1. The minimum absolute atomic E-state index is 0.576. The molecule has 0 saturated carbocycles. The second-order valence-electron chi connectivity index (χ2n) is 4.51. The van der Waals surface area contributed by atoms with E-state index in [1.165, 1.54) is 11.1 Å². The molecule has 0 fully saturated rings. The lowest BCUT2D eigenvalue weighted by Crippen LogP contribution is -2.25. The Hall–Kier alpha value is -1.02. The average Bonchev–Trinajstić information content (AvgIpc) is 2.28. The zero-order chi connectivity index (χ0) is 12.1. The molecule has 1 rings (SSSR count). The van der Waals surface area contributed by atoms with Crippen LogP contribution < -0.4 is 4.74 Å². The lowest BCUT2D eigenvalue weighted by molar-refractivity contribution is 0.265. The van der Waals surface area contributed by atoms with Crippen LogP contribution in [0.25, 0.3) is 0 Å². The highest BCUT2D eigenvalue weighted by atomic mass is 16.5. The second-order valence-corrected chi connectivity index (χ2v) is 4.51. The van der Waals surface area contributed by atoms with Crippen molar-refractivity contribution in [1.82, 2.24) is 4.90 Å². The van der Waals surface area contributed by atoms with Crippen LogP contribution in [0.15, 0.2) is 18.2 Å². The van der Waals surface area contributed by atoms with E-state index >= 15 is 0 Å². The van der Waals surface area contributed by atoms with Gasteiger partial charge in [0.05, 0.1) is 7.11 Å². The van der Waals surface area contributed by atoms with Gasteiger partial charge < -0.3 is 4.74 Å². The highest BCUT2D eigenvalue weighted by Crippen LogP contribution is 2.21. The Balaban J connectivity index is 2.82. The molecule has 2 nitrogen and oxygen atoms in total. The van der Waals surface area contributed by atoms with Gasteiger partial charge in [-0.25, -0.2) is 0 Å². The summed E-state index contributed by atoms with van der Waals surface area (Å²) in [5.74, 6) is 0.999. The molecule has 0 radical (unpaired) electrons. The number of nitrogens with zero attached hydrogens (tertiary/aromatic N) is 1. The molecule has 0 N–H and O–H groups in total. The smallest absolute Gasteiger partial charge is 0.122 e. The SMILES string of the molecule is CCc1cc(CN(C)C(C)C)ccc1OC. The normalized spacial score (nSPS) is 11.2. The van der Waals surface area contributed by atoms with Gasteiger partial charge in [0.15, 0.2) is 0 Å². The molecule has 0 amide bonds. The van der Waals surface area contributed by atoms with Gasteiger partial charge in [-0.1, -0.05) is 19.1 Å². The summed E-state index contributed by atoms with van der Waals surface area (Å²) in [7, 11) is 3.88. The third kappa shape index (κ3) is 3.24. The summed E-state index contributed by atoms with van der Waals surface area (Å²) in [5, 5.41) is 0. The van der Waals surface area contributed by atoms with Crippen molar-refractivity contribution >= 4 is 0 Å². The van der Waals surface area contributed by atoms with Gasteiger partial charge in [-0.2, -0.15) is 0 Å². The van der Waals surface area contributed by atoms with E-state index in [2.05, 4.69) is 50.9 Å². The number of hydrogen-bond donors (Lipinski definition) is 0. The van der Waals surface area contributed by atoms with E-state index in [4.69, 9.17) is 4.74 Å². The maximum Gasteiger partial charge on any atom is 0.122 e. The van der Waals surface area contributed by atoms with Gasteiger partial charge in [-0.3, -0.25) is 4.90 Å². The maximum absolute atomic E-state index is 5.33. The van der Waals surface area contributed by atoms with Crippen molar-refractivity contribution in [2.24, 2.45) is 0 Å². The van der Waals surface area contributed by atoms with Crippen molar-refractivity contribution in [2.75, 3.05) is 14.2 Å².